The number of hydrogen-bond donors (Lipinski definition) is 1. The third-order valence-corrected chi connectivity index (χ3v) is 2.20. The van der Waals surface area contributed by atoms with Crippen LogP contribution in [0.15, 0.2) is 24.3 Å². The van der Waals surface area contributed by atoms with Crippen LogP contribution < -0.4 is 5.32 Å². The van der Waals surface area contributed by atoms with Gasteiger partial charge in [0.25, 0.3) is 0 Å². The Morgan fingerprint density at radius 2 is 2.00 bits per heavy atom. The number of ketones is 1. The van der Waals surface area contributed by atoms with E-state index >= 15 is 0 Å². The first-order chi connectivity index (χ1) is 7.22. The zero-order valence-electron chi connectivity index (χ0n) is 8.92. The molecule has 0 fully saturated rings. The van der Waals surface area contributed by atoms with Crippen LogP contribution in [-0.4, -0.2) is 19.4 Å². The minimum absolute atomic E-state index is 0.205. The summed E-state index contributed by atoms with van der Waals surface area (Å²) in [5.41, 5.74) is 0.880. The quantitative estimate of drug-likeness (QED) is 0.725. The van der Waals surface area contributed by atoms with Gasteiger partial charge >= 0.3 is 0 Å². The molecule has 15 heavy (non-hydrogen) atoms. The van der Waals surface area contributed by atoms with Crippen LogP contribution in [0.1, 0.15) is 18.4 Å². The molecule has 3 heteroatoms. The van der Waals surface area contributed by atoms with Crippen molar-refractivity contribution < 1.29 is 9.18 Å². The molecule has 0 aliphatic rings. The van der Waals surface area contributed by atoms with Gasteiger partial charge in [-0.3, -0.25) is 4.79 Å². The van der Waals surface area contributed by atoms with Gasteiger partial charge in [0.1, 0.15) is 11.6 Å². The number of Topliss-reactive ketones (excluding diaryl/α,β-unsaturated/α-hetero) is 1. The van der Waals surface area contributed by atoms with E-state index in [0.717, 1.165) is 18.5 Å². The standard InChI is InChI=1S/C12H16FNO/c1-14-8-2-3-12(15)9-10-4-6-11(13)7-5-10/h4-7,14H,2-3,8-9H2,1H3. The Morgan fingerprint density at radius 1 is 1.33 bits per heavy atom. The molecule has 0 saturated heterocycles. The van der Waals surface area contributed by atoms with Gasteiger partial charge in [-0.1, -0.05) is 12.1 Å². The highest BCUT2D eigenvalue weighted by molar-refractivity contribution is 5.80. The second kappa shape index (κ2) is 6.30. The number of carbonyl (C=O) groups is 1. The molecular formula is C12H16FNO. The van der Waals surface area contributed by atoms with Crippen LogP contribution in [0.2, 0.25) is 0 Å². The van der Waals surface area contributed by atoms with E-state index in [1.165, 1.54) is 12.1 Å². The Hall–Kier alpha value is -1.22. The van der Waals surface area contributed by atoms with E-state index in [1.54, 1.807) is 12.1 Å². The van der Waals surface area contributed by atoms with Gasteiger partial charge in [0.05, 0.1) is 0 Å². The molecule has 1 rings (SSSR count). The fourth-order valence-electron chi connectivity index (χ4n) is 1.38. The van der Waals surface area contributed by atoms with E-state index in [4.69, 9.17) is 0 Å². The lowest BCUT2D eigenvalue weighted by Gasteiger charge is -2.01. The Balaban J connectivity index is 2.34. The summed E-state index contributed by atoms with van der Waals surface area (Å²) in [7, 11) is 1.87. The monoisotopic (exact) mass is 209 g/mol. The van der Waals surface area contributed by atoms with Gasteiger partial charge in [0.2, 0.25) is 0 Å². The predicted molar refractivity (Wildman–Crippen MR) is 58.3 cm³/mol. The number of benzene rings is 1. The zero-order chi connectivity index (χ0) is 11.1. The van der Waals surface area contributed by atoms with E-state index in [-0.39, 0.29) is 11.6 Å². The smallest absolute Gasteiger partial charge is 0.137 e. The van der Waals surface area contributed by atoms with Crippen molar-refractivity contribution in [1.82, 2.24) is 5.32 Å². The Kier molecular flexibility index (Phi) is 4.98. The first kappa shape index (κ1) is 11.9. The lowest BCUT2D eigenvalue weighted by molar-refractivity contribution is -0.118. The minimum atomic E-state index is -0.263. The van der Waals surface area contributed by atoms with Crippen LogP contribution in [0.4, 0.5) is 4.39 Å². The van der Waals surface area contributed by atoms with Gasteiger partial charge in [-0.15, -0.1) is 0 Å². The number of halogens is 1. The number of rotatable bonds is 6. The zero-order valence-corrected chi connectivity index (χ0v) is 8.92. The summed E-state index contributed by atoms with van der Waals surface area (Å²) in [6, 6.07) is 6.09. The molecule has 0 spiro atoms. The van der Waals surface area contributed by atoms with Crippen molar-refractivity contribution in [2.45, 2.75) is 19.3 Å². The first-order valence-corrected chi connectivity index (χ1v) is 5.13. The van der Waals surface area contributed by atoms with Crippen molar-refractivity contribution in [3.05, 3.63) is 35.6 Å². The molecule has 0 bridgehead atoms. The Bertz CT molecular complexity index is 308. The maximum Gasteiger partial charge on any atom is 0.137 e. The molecule has 1 aromatic carbocycles. The summed E-state index contributed by atoms with van der Waals surface area (Å²) >= 11 is 0. The highest BCUT2D eigenvalue weighted by Crippen LogP contribution is 2.05. The molecule has 0 unspecified atom stereocenters. The maximum atomic E-state index is 12.6. The fraction of sp³-hybridized carbons (Fsp3) is 0.417. The summed E-state index contributed by atoms with van der Waals surface area (Å²) in [6.45, 7) is 0.856. The molecule has 0 aromatic heterocycles. The second-order valence-electron chi connectivity index (χ2n) is 3.55. The van der Waals surface area contributed by atoms with E-state index in [1.807, 2.05) is 7.05 Å². The molecule has 0 saturated carbocycles. The topological polar surface area (TPSA) is 29.1 Å². The Labute approximate surface area is 89.5 Å². The molecule has 0 radical (unpaired) electrons. The van der Waals surface area contributed by atoms with Crippen molar-refractivity contribution in [1.29, 1.82) is 0 Å². The average Bonchev–Trinajstić information content (AvgIpc) is 2.22. The van der Waals surface area contributed by atoms with E-state index < -0.39 is 0 Å². The van der Waals surface area contributed by atoms with Gasteiger partial charge in [-0.25, -0.2) is 4.39 Å². The SMILES string of the molecule is CNCCCC(=O)Cc1ccc(F)cc1. The molecule has 1 N–H and O–H groups in total. The van der Waals surface area contributed by atoms with E-state index in [0.29, 0.717) is 12.8 Å². The lowest BCUT2D eigenvalue weighted by atomic mass is 10.1. The van der Waals surface area contributed by atoms with Crippen LogP contribution in [0.25, 0.3) is 0 Å². The maximum absolute atomic E-state index is 12.6. The lowest BCUT2D eigenvalue weighted by Crippen LogP contribution is -2.11. The number of nitrogens with one attached hydrogen (secondary N) is 1. The van der Waals surface area contributed by atoms with Crippen LogP contribution >= 0.6 is 0 Å². The average molecular weight is 209 g/mol. The first-order valence-electron chi connectivity index (χ1n) is 5.13. The van der Waals surface area contributed by atoms with E-state index in [9.17, 15) is 9.18 Å². The van der Waals surface area contributed by atoms with Crippen molar-refractivity contribution in [3.8, 4) is 0 Å². The molecule has 0 heterocycles. The molecule has 82 valence electrons. The van der Waals surface area contributed by atoms with Gasteiger partial charge in [-0.05, 0) is 37.7 Å². The van der Waals surface area contributed by atoms with Gasteiger partial charge in [-0.2, -0.15) is 0 Å². The van der Waals surface area contributed by atoms with Gasteiger partial charge < -0.3 is 5.32 Å². The van der Waals surface area contributed by atoms with Crippen molar-refractivity contribution >= 4 is 5.78 Å². The van der Waals surface area contributed by atoms with Crippen LogP contribution in [0.3, 0.4) is 0 Å². The number of hydrogen-bond acceptors (Lipinski definition) is 2. The van der Waals surface area contributed by atoms with E-state index in [2.05, 4.69) is 5.32 Å². The summed E-state index contributed by atoms with van der Waals surface area (Å²) < 4.78 is 12.6. The Morgan fingerprint density at radius 3 is 2.60 bits per heavy atom. The van der Waals surface area contributed by atoms with Gasteiger partial charge in [0, 0.05) is 12.8 Å². The fourth-order valence-corrected chi connectivity index (χ4v) is 1.38. The summed E-state index contributed by atoms with van der Waals surface area (Å²) in [5.74, 6) is -0.0572. The molecule has 0 aliphatic carbocycles. The van der Waals surface area contributed by atoms with Crippen molar-refractivity contribution in [2.75, 3.05) is 13.6 Å². The van der Waals surface area contributed by atoms with Crippen LogP contribution in [-0.2, 0) is 11.2 Å². The normalized spacial score (nSPS) is 10.3. The molecule has 0 atom stereocenters. The van der Waals surface area contributed by atoms with Crippen molar-refractivity contribution in [3.63, 3.8) is 0 Å². The molecule has 1 aromatic rings. The second-order valence-corrected chi connectivity index (χ2v) is 3.55. The highest BCUT2D eigenvalue weighted by Gasteiger charge is 2.03. The molecule has 0 aliphatic heterocycles. The highest BCUT2D eigenvalue weighted by atomic mass is 19.1. The third kappa shape index (κ3) is 4.70. The largest absolute Gasteiger partial charge is 0.320 e. The summed E-state index contributed by atoms with van der Waals surface area (Å²) in [5, 5.41) is 2.99. The van der Waals surface area contributed by atoms with Crippen LogP contribution in [0.5, 0.6) is 0 Å². The van der Waals surface area contributed by atoms with Crippen LogP contribution in [0, 0.1) is 5.82 Å². The molecule has 2 nitrogen and oxygen atoms in total. The van der Waals surface area contributed by atoms with Gasteiger partial charge in [0.15, 0.2) is 0 Å². The summed E-state index contributed by atoms with van der Waals surface area (Å²) in [6.07, 6.45) is 1.85. The third-order valence-electron chi connectivity index (χ3n) is 2.20. The van der Waals surface area contributed by atoms with Crippen molar-refractivity contribution in [2.24, 2.45) is 0 Å². The predicted octanol–water partition coefficient (Wildman–Crippen LogP) is 1.94. The molecule has 0 amide bonds. The number of carbonyl (C=O) groups excluding carboxylic acids is 1. The molecular weight excluding hydrogens is 193 g/mol. The minimum Gasteiger partial charge on any atom is -0.320 e. The summed E-state index contributed by atoms with van der Waals surface area (Å²) in [4.78, 5) is 11.5.